The van der Waals surface area contributed by atoms with Crippen LogP contribution in [0.4, 0.5) is 0 Å². The molecule has 7 nitrogen and oxygen atoms in total. The van der Waals surface area contributed by atoms with E-state index in [1.807, 2.05) is 18.2 Å². The van der Waals surface area contributed by atoms with Crippen molar-refractivity contribution in [3.8, 4) is 11.3 Å². The van der Waals surface area contributed by atoms with Crippen LogP contribution in [-0.4, -0.2) is 36.7 Å². The second-order valence-electron chi connectivity index (χ2n) is 6.36. The number of carbonyl (C=O) groups is 1. The molecule has 0 bridgehead atoms. The molecule has 8 heteroatoms. The highest BCUT2D eigenvalue weighted by Gasteiger charge is 2.21. The SMILES string of the molecule is CCN(CC)S(=O)(=O)c1ccc(C(=O)NCc2ccc(-c3ccoc3)nc2)cc1. The summed E-state index contributed by atoms with van der Waals surface area (Å²) in [5.41, 5.74) is 2.93. The second kappa shape index (κ2) is 9.02. The maximum Gasteiger partial charge on any atom is 0.251 e. The number of amides is 1. The first-order valence-electron chi connectivity index (χ1n) is 9.31. The first kappa shape index (κ1) is 20.8. The topological polar surface area (TPSA) is 92.5 Å². The standard InChI is InChI=1S/C21H23N3O4S/c1-3-24(4-2)29(26,27)19-8-6-17(7-9-19)21(25)23-14-16-5-10-20(22-13-16)18-11-12-28-15-18/h5-13,15H,3-4,14H2,1-2H3,(H,23,25). The smallest absolute Gasteiger partial charge is 0.251 e. The molecular formula is C21H23N3O4S. The number of hydrogen-bond acceptors (Lipinski definition) is 5. The van der Waals surface area contributed by atoms with Gasteiger partial charge in [0, 0.05) is 37.0 Å². The maximum absolute atomic E-state index is 12.5. The third-order valence-electron chi connectivity index (χ3n) is 4.55. The largest absolute Gasteiger partial charge is 0.472 e. The monoisotopic (exact) mass is 413 g/mol. The summed E-state index contributed by atoms with van der Waals surface area (Å²) < 4.78 is 31.4. The van der Waals surface area contributed by atoms with Crippen molar-refractivity contribution in [3.05, 3.63) is 72.3 Å². The van der Waals surface area contributed by atoms with E-state index in [0.29, 0.717) is 25.2 Å². The highest BCUT2D eigenvalue weighted by atomic mass is 32.2. The molecule has 0 aliphatic heterocycles. The molecule has 0 saturated heterocycles. The number of nitrogens with zero attached hydrogens (tertiary/aromatic N) is 2. The van der Waals surface area contributed by atoms with E-state index in [1.165, 1.54) is 28.6 Å². The second-order valence-corrected chi connectivity index (χ2v) is 8.30. The molecule has 1 amide bonds. The van der Waals surface area contributed by atoms with Gasteiger partial charge in [0.05, 0.1) is 23.1 Å². The van der Waals surface area contributed by atoms with Crippen LogP contribution < -0.4 is 5.32 Å². The van der Waals surface area contributed by atoms with Crippen LogP contribution in [0.3, 0.4) is 0 Å². The summed E-state index contributed by atoms with van der Waals surface area (Å²) in [5, 5.41) is 2.82. The molecule has 0 aliphatic rings. The van der Waals surface area contributed by atoms with Gasteiger partial charge >= 0.3 is 0 Å². The van der Waals surface area contributed by atoms with E-state index in [9.17, 15) is 13.2 Å². The summed E-state index contributed by atoms with van der Waals surface area (Å²) in [7, 11) is -3.54. The van der Waals surface area contributed by atoms with Crippen LogP contribution in [0, 0.1) is 0 Å². The quantitative estimate of drug-likeness (QED) is 0.612. The number of carbonyl (C=O) groups excluding carboxylic acids is 1. The third-order valence-corrected chi connectivity index (χ3v) is 6.62. The van der Waals surface area contributed by atoms with Crippen molar-refractivity contribution in [2.24, 2.45) is 0 Å². The number of pyridine rings is 1. The summed E-state index contributed by atoms with van der Waals surface area (Å²) >= 11 is 0. The zero-order chi connectivity index (χ0) is 20.9. The minimum Gasteiger partial charge on any atom is -0.472 e. The van der Waals surface area contributed by atoms with Crippen molar-refractivity contribution in [3.63, 3.8) is 0 Å². The predicted octanol–water partition coefficient (Wildman–Crippen LogP) is 3.30. The fourth-order valence-corrected chi connectivity index (χ4v) is 4.34. The summed E-state index contributed by atoms with van der Waals surface area (Å²) in [5.74, 6) is -0.282. The summed E-state index contributed by atoms with van der Waals surface area (Å²) in [4.78, 5) is 16.9. The minimum atomic E-state index is -3.54. The molecule has 1 aromatic carbocycles. The Morgan fingerprint density at radius 3 is 2.34 bits per heavy atom. The van der Waals surface area contributed by atoms with Crippen LogP contribution in [0.5, 0.6) is 0 Å². The number of sulfonamides is 1. The molecule has 1 N–H and O–H groups in total. The van der Waals surface area contributed by atoms with Gasteiger partial charge in [-0.1, -0.05) is 19.9 Å². The molecule has 0 atom stereocenters. The number of hydrogen-bond donors (Lipinski definition) is 1. The van der Waals surface area contributed by atoms with Crippen molar-refractivity contribution in [2.45, 2.75) is 25.3 Å². The number of nitrogens with one attached hydrogen (secondary N) is 1. The highest BCUT2D eigenvalue weighted by Crippen LogP contribution is 2.18. The molecule has 3 aromatic rings. The average Bonchev–Trinajstić information content (AvgIpc) is 3.28. The Labute approximate surface area is 170 Å². The summed E-state index contributed by atoms with van der Waals surface area (Å²) in [6.45, 7) is 4.69. The van der Waals surface area contributed by atoms with Crippen LogP contribution in [0.15, 0.2) is 70.5 Å². The van der Waals surface area contributed by atoms with E-state index >= 15 is 0 Å². The Hall–Kier alpha value is -2.97. The normalized spacial score (nSPS) is 11.6. The molecule has 3 rings (SSSR count). The Morgan fingerprint density at radius 2 is 1.79 bits per heavy atom. The predicted molar refractivity (Wildman–Crippen MR) is 110 cm³/mol. The van der Waals surface area contributed by atoms with Gasteiger partial charge in [0.15, 0.2) is 0 Å². The van der Waals surface area contributed by atoms with E-state index in [0.717, 1.165) is 16.8 Å². The lowest BCUT2D eigenvalue weighted by molar-refractivity contribution is 0.0950. The first-order valence-corrected chi connectivity index (χ1v) is 10.8. The lowest BCUT2D eigenvalue weighted by Crippen LogP contribution is -2.30. The van der Waals surface area contributed by atoms with E-state index in [2.05, 4.69) is 10.3 Å². The van der Waals surface area contributed by atoms with Gasteiger partial charge < -0.3 is 9.73 Å². The minimum absolute atomic E-state index is 0.178. The van der Waals surface area contributed by atoms with Crippen LogP contribution in [0.2, 0.25) is 0 Å². The molecule has 29 heavy (non-hydrogen) atoms. The molecule has 0 spiro atoms. The number of benzene rings is 1. The van der Waals surface area contributed by atoms with Crippen molar-refractivity contribution < 1.29 is 17.6 Å². The van der Waals surface area contributed by atoms with E-state index < -0.39 is 10.0 Å². The summed E-state index contributed by atoms with van der Waals surface area (Å²) in [6.07, 6.45) is 4.90. The average molecular weight is 413 g/mol. The Morgan fingerprint density at radius 1 is 1.07 bits per heavy atom. The lowest BCUT2D eigenvalue weighted by Gasteiger charge is -2.18. The van der Waals surface area contributed by atoms with Gasteiger partial charge in [0.2, 0.25) is 10.0 Å². The molecule has 0 aliphatic carbocycles. The molecule has 2 heterocycles. The van der Waals surface area contributed by atoms with Crippen molar-refractivity contribution in [2.75, 3.05) is 13.1 Å². The third kappa shape index (κ3) is 4.72. The van der Waals surface area contributed by atoms with Crippen LogP contribution in [-0.2, 0) is 16.6 Å². The summed E-state index contributed by atoms with van der Waals surface area (Å²) in [6, 6.07) is 11.5. The molecule has 0 radical (unpaired) electrons. The maximum atomic E-state index is 12.5. The highest BCUT2D eigenvalue weighted by molar-refractivity contribution is 7.89. The van der Waals surface area contributed by atoms with Crippen LogP contribution in [0.25, 0.3) is 11.3 Å². The lowest BCUT2D eigenvalue weighted by atomic mass is 10.2. The number of furan rings is 1. The van der Waals surface area contributed by atoms with Crippen LogP contribution in [0.1, 0.15) is 29.8 Å². The molecule has 0 saturated carbocycles. The van der Waals surface area contributed by atoms with Gasteiger partial charge in [-0.25, -0.2) is 8.42 Å². The van der Waals surface area contributed by atoms with Gasteiger partial charge in [-0.2, -0.15) is 4.31 Å². The molecular weight excluding hydrogens is 390 g/mol. The van der Waals surface area contributed by atoms with Crippen LogP contribution >= 0.6 is 0 Å². The van der Waals surface area contributed by atoms with Gasteiger partial charge in [0.25, 0.3) is 5.91 Å². The fraction of sp³-hybridized carbons (Fsp3) is 0.238. The van der Waals surface area contributed by atoms with Crippen molar-refractivity contribution >= 4 is 15.9 Å². The first-order chi connectivity index (χ1) is 14.0. The fourth-order valence-electron chi connectivity index (χ4n) is 2.89. The van der Waals surface area contributed by atoms with E-state index in [4.69, 9.17) is 4.42 Å². The molecule has 2 aromatic heterocycles. The Bertz CT molecular complexity index is 1040. The molecule has 0 fully saturated rings. The van der Waals surface area contributed by atoms with Gasteiger partial charge in [-0.05, 0) is 42.0 Å². The Kier molecular flexibility index (Phi) is 6.46. The number of aromatic nitrogens is 1. The van der Waals surface area contributed by atoms with E-state index in [-0.39, 0.29) is 10.8 Å². The van der Waals surface area contributed by atoms with Gasteiger partial charge in [0.1, 0.15) is 0 Å². The van der Waals surface area contributed by atoms with Crippen molar-refractivity contribution in [1.82, 2.24) is 14.6 Å². The van der Waals surface area contributed by atoms with E-state index in [1.54, 1.807) is 32.6 Å². The molecule has 152 valence electrons. The molecule has 0 unspecified atom stereocenters. The van der Waals surface area contributed by atoms with Crippen molar-refractivity contribution in [1.29, 1.82) is 0 Å². The van der Waals surface area contributed by atoms with Gasteiger partial charge in [-0.3, -0.25) is 9.78 Å². The zero-order valence-corrected chi connectivity index (χ0v) is 17.1. The van der Waals surface area contributed by atoms with Gasteiger partial charge in [-0.15, -0.1) is 0 Å². The zero-order valence-electron chi connectivity index (χ0n) is 16.3. The Balaban J connectivity index is 1.62. The number of rotatable bonds is 8.